The maximum Gasteiger partial charge on any atom is 0.246 e. The Kier molecular flexibility index (Phi) is 6.50. The van der Waals surface area contributed by atoms with Crippen LogP contribution in [0.1, 0.15) is 18.9 Å². The van der Waals surface area contributed by atoms with Crippen molar-refractivity contribution in [2.24, 2.45) is 0 Å². The first-order valence-corrected chi connectivity index (χ1v) is 7.77. The molecule has 0 heterocycles. The van der Waals surface area contributed by atoms with Gasteiger partial charge in [-0.25, -0.2) is 0 Å². The lowest BCUT2D eigenvalue weighted by atomic mass is 10.2. The summed E-state index contributed by atoms with van der Waals surface area (Å²) >= 11 is 1.76. The first-order valence-electron chi connectivity index (χ1n) is 6.37. The lowest BCUT2D eigenvalue weighted by Crippen LogP contribution is -2.37. The summed E-state index contributed by atoms with van der Waals surface area (Å²) in [5.74, 6) is 0.994. The minimum atomic E-state index is 0.0309. The van der Waals surface area contributed by atoms with E-state index in [-0.39, 0.29) is 11.9 Å². The molecular formula is C15H22N2OS. The quantitative estimate of drug-likeness (QED) is 0.643. The molecule has 1 amide bonds. The second kappa shape index (κ2) is 7.89. The number of rotatable bonds is 6. The molecule has 1 rings (SSSR count). The third-order valence-corrected chi connectivity index (χ3v) is 3.77. The number of amides is 1. The van der Waals surface area contributed by atoms with Crippen molar-refractivity contribution in [2.75, 3.05) is 24.8 Å². The first-order chi connectivity index (χ1) is 9.08. The van der Waals surface area contributed by atoms with Gasteiger partial charge in [0, 0.05) is 30.6 Å². The molecule has 4 heteroatoms. The number of nitrogen functional groups attached to an aromatic ring is 1. The Balaban J connectivity index is 2.68. The summed E-state index contributed by atoms with van der Waals surface area (Å²) in [6.45, 7) is 2.10. The van der Waals surface area contributed by atoms with E-state index in [1.807, 2.05) is 31.3 Å². The molecule has 0 aliphatic carbocycles. The third kappa shape index (κ3) is 4.99. The van der Waals surface area contributed by atoms with Crippen molar-refractivity contribution < 1.29 is 4.79 Å². The molecule has 19 heavy (non-hydrogen) atoms. The zero-order valence-corrected chi connectivity index (χ0v) is 12.6. The van der Waals surface area contributed by atoms with E-state index in [0.29, 0.717) is 5.69 Å². The minimum absolute atomic E-state index is 0.0309. The molecule has 1 aromatic carbocycles. The highest BCUT2D eigenvalue weighted by Gasteiger charge is 2.15. The average Bonchev–Trinajstić information content (AvgIpc) is 2.41. The Morgan fingerprint density at radius 3 is 2.84 bits per heavy atom. The Morgan fingerprint density at radius 2 is 2.26 bits per heavy atom. The van der Waals surface area contributed by atoms with E-state index in [2.05, 4.69) is 13.2 Å². The summed E-state index contributed by atoms with van der Waals surface area (Å²) in [5.41, 5.74) is 7.35. The molecule has 1 atom stereocenters. The predicted octanol–water partition coefficient (Wildman–Crippen LogP) is 2.88. The second-order valence-corrected chi connectivity index (χ2v) is 5.38. The summed E-state index contributed by atoms with van der Waals surface area (Å²) in [4.78, 5) is 13.9. The van der Waals surface area contributed by atoms with Crippen LogP contribution in [0.4, 0.5) is 5.69 Å². The van der Waals surface area contributed by atoms with Gasteiger partial charge in [0.2, 0.25) is 5.91 Å². The maximum atomic E-state index is 12.1. The first kappa shape index (κ1) is 15.6. The Labute approximate surface area is 119 Å². The van der Waals surface area contributed by atoms with Crippen molar-refractivity contribution in [3.8, 4) is 0 Å². The van der Waals surface area contributed by atoms with Gasteiger partial charge in [-0.1, -0.05) is 19.1 Å². The highest BCUT2D eigenvalue weighted by Crippen LogP contribution is 2.11. The molecule has 1 unspecified atom stereocenters. The molecule has 0 radical (unpaired) electrons. The molecular weight excluding hydrogens is 256 g/mol. The van der Waals surface area contributed by atoms with Gasteiger partial charge in [0.1, 0.15) is 0 Å². The van der Waals surface area contributed by atoms with Gasteiger partial charge in [0.25, 0.3) is 0 Å². The summed E-state index contributed by atoms with van der Waals surface area (Å²) in [7, 11) is 1.86. The van der Waals surface area contributed by atoms with Gasteiger partial charge < -0.3 is 10.6 Å². The van der Waals surface area contributed by atoms with E-state index in [1.165, 1.54) is 0 Å². The summed E-state index contributed by atoms with van der Waals surface area (Å²) in [5, 5.41) is 0. The number of nitrogens with two attached hydrogens (primary N) is 1. The van der Waals surface area contributed by atoms with Gasteiger partial charge >= 0.3 is 0 Å². The molecule has 0 aromatic heterocycles. The van der Waals surface area contributed by atoms with Gasteiger partial charge in [-0.2, -0.15) is 11.8 Å². The van der Waals surface area contributed by atoms with Crippen LogP contribution in [0.3, 0.4) is 0 Å². The standard InChI is InChI=1S/C15H22N2OS/c1-4-14(11-19-3)17(2)15(18)9-8-12-6-5-7-13(16)10-12/h5-10,14H,4,11,16H2,1-3H3/b9-8+. The topological polar surface area (TPSA) is 46.3 Å². The van der Waals surface area contributed by atoms with Gasteiger partial charge in [-0.15, -0.1) is 0 Å². The van der Waals surface area contributed by atoms with Crippen LogP contribution in [0, 0.1) is 0 Å². The number of carbonyl (C=O) groups excluding carboxylic acids is 1. The summed E-state index contributed by atoms with van der Waals surface area (Å²) in [6.07, 6.45) is 6.44. The van der Waals surface area contributed by atoms with Crippen molar-refractivity contribution in [1.29, 1.82) is 0 Å². The fraction of sp³-hybridized carbons (Fsp3) is 0.400. The number of likely N-dealkylation sites (N-methyl/N-ethyl adjacent to an activating group) is 1. The van der Waals surface area contributed by atoms with Crippen molar-refractivity contribution in [3.05, 3.63) is 35.9 Å². The van der Waals surface area contributed by atoms with Crippen LogP contribution in [0.2, 0.25) is 0 Å². The Morgan fingerprint density at radius 1 is 1.53 bits per heavy atom. The zero-order valence-electron chi connectivity index (χ0n) is 11.8. The molecule has 0 aliphatic heterocycles. The largest absolute Gasteiger partial charge is 0.399 e. The molecule has 0 saturated heterocycles. The van der Waals surface area contributed by atoms with Crippen LogP contribution in [0.25, 0.3) is 6.08 Å². The number of benzene rings is 1. The normalized spacial score (nSPS) is 12.6. The fourth-order valence-electron chi connectivity index (χ4n) is 1.82. The molecule has 104 valence electrons. The lowest BCUT2D eigenvalue weighted by molar-refractivity contribution is -0.126. The van der Waals surface area contributed by atoms with Crippen LogP contribution < -0.4 is 5.73 Å². The van der Waals surface area contributed by atoms with E-state index in [4.69, 9.17) is 5.73 Å². The van der Waals surface area contributed by atoms with Crippen LogP contribution in [0.15, 0.2) is 30.3 Å². The van der Waals surface area contributed by atoms with E-state index in [0.717, 1.165) is 17.7 Å². The number of anilines is 1. The van der Waals surface area contributed by atoms with Crippen molar-refractivity contribution >= 4 is 29.4 Å². The molecule has 2 N–H and O–H groups in total. The number of nitrogens with zero attached hydrogens (tertiary/aromatic N) is 1. The molecule has 0 bridgehead atoms. The summed E-state index contributed by atoms with van der Waals surface area (Å²) in [6, 6.07) is 7.78. The maximum absolute atomic E-state index is 12.1. The predicted molar refractivity (Wildman–Crippen MR) is 85.1 cm³/mol. The van der Waals surface area contributed by atoms with E-state index < -0.39 is 0 Å². The summed E-state index contributed by atoms with van der Waals surface area (Å²) < 4.78 is 0. The average molecular weight is 278 g/mol. The monoisotopic (exact) mass is 278 g/mol. The van der Waals surface area contributed by atoms with Crippen LogP contribution in [-0.2, 0) is 4.79 Å². The SMILES string of the molecule is CCC(CSC)N(C)C(=O)/C=C/c1cccc(N)c1. The zero-order chi connectivity index (χ0) is 14.3. The van der Waals surface area contributed by atoms with Gasteiger partial charge in [-0.05, 0) is 36.4 Å². The highest BCUT2D eigenvalue weighted by atomic mass is 32.2. The molecule has 3 nitrogen and oxygen atoms in total. The number of thioether (sulfide) groups is 1. The lowest BCUT2D eigenvalue weighted by Gasteiger charge is -2.25. The molecule has 0 saturated carbocycles. The second-order valence-electron chi connectivity index (χ2n) is 4.47. The molecule has 0 spiro atoms. The van der Waals surface area contributed by atoms with Gasteiger partial charge in [0.15, 0.2) is 0 Å². The molecule has 1 aromatic rings. The van der Waals surface area contributed by atoms with E-state index >= 15 is 0 Å². The number of hydrogen-bond acceptors (Lipinski definition) is 3. The fourth-order valence-corrected chi connectivity index (χ4v) is 2.67. The highest BCUT2D eigenvalue weighted by molar-refractivity contribution is 7.98. The van der Waals surface area contributed by atoms with Gasteiger partial charge in [0.05, 0.1) is 0 Å². The van der Waals surface area contributed by atoms with Crippen LogP contribution >= 0.6 is 11.8 Å². The third-order valence-electron chi connectivity index (χ3n) is 3.05. The van der Waals surface area contributed by atoms with Crippen molar-refractivity contribution in [3.63, 3.8) is 0 Å². The number of carbonyl (C=O) groups is 1. The van der Waals surface area contributed by atoms with Crippen molar-refractivity contribution in [1.82, 2.24) is 4.90 Å². The van der Waals surface area contributed by atoms with E-state index in [1.54, 1.807) is 28.8 Å². The van der Waals surface area contributed by atoms with Crippen LogP contribution in [0.5, 0.6) is 0 Å². The minimum Gasteiger partial charge on any atom is -0.399 e. The van der Waals surface area contributed by atoms with Gasteiger partial charge in [-0.3, -0.25) is 4.79 Å². The van der Waals surface area contributed by atoms with E-state index in [9.17, 15) is 4.79 Å². The molecule has 0 aliphatic rings. The Bertz CT molecular complexity index is 446. The molecule has 0 fully saturated rings. The Hall–Kier alpha value is -1.42. The van der Waals surface area contributed by atoms with Crippen molar-refractivity contribution in [2.45, 2.75) is 19.4 Å². The number of hydrogen-bond donors (Lipinski definition) is 1. The van der Waals surface area contributed by atoms with Crippen LogP contribution in [-0.4, -0.2) is 35.9 Å². The smallest absolute Gasteiger partial charge is 0.246 e.